The molecular formula is C30H47NO8. The number of carboxylic acids is 1. The number of ether oxygens (including phenoxy) is 3. The number of hydrogen-bond donors (Lipinski definition) is 2. The van der Waals surface area contributed by atoms with Crippen molar-refractivity contribution in [1.82, 2.24) is 0 Å². The number of hydrogen-bond acceptors (Lipinski definition) is 8. The van der Waals surface area contributed by atoms with Crippen LogP contribution in [0.2, 0.25) is 0 Å². The van der Waals surface area contributed by atoms with Crippen LogP contribution in [0.5, 0.6) is 11.5 Å². The highest BCUT2D eigenvalue weighted by atomic mass is 16.6. The summed E-state index contributed by atoms with van der Waals surface area (Å²) in [5.41, 5.74) is 5.84. The molecule has 0 spiro atoms. The standard InChI is InChI=1S/C30H47NO8/c1-9-30(7,8)29(36)37-20(6)16-22(27(31)28(34)35)21-12-13-23(38-25(32)14-10-18(2)3)24(17-21)39-26(33)15-11-19(4)5/h12-13,17-20,22,27H,9-11,14-16,31H2,1-8H3,(H,34,35)/t20?,22?,27-/m0/s1. The lowest BCUT2D eigenvalue weighted by Crippen LogP contribution is -2.39. The summed E-state index contributed by atoms with van der Waals surface area (Å²) in [7, 11) is 0. The summed E-state index contributed by atoms with van der Waals surface area (Å²) in [5, 5.41) is 9.70. The Balaban J connectivity index is 3.34. The number of esters is 3. The smallest absolute Gasteiger partial charge is 0.321 e. The van der Waals surface area contributed by atoms with E-state index < -0.39 is 41.4 Å². The molecule has 9 heteroatoms. The molecule has 0 aliphatic rings. The molecule has 3 atom stereocenters. The number of carbonyl (C=O) groups excluding carboxylic acids is 3. The fraction of sp³-hybridized carbons (Fsp3) is 0.667. The Labute approximate surface area is 232 Å². The minimum Gasteiger partial charge on any atom is -0.480 e. The van der Waals surface area contributed by atoms with Crippen molar-refractivity contribution in [2.24, 2.45) is 23.0 Å². The van der Waals surface area contributed by atoms with Crippen LogP contribution in [-0.2, 0) is 23.9 Å². The summed E-state index contributed by atoms with van der Waals surface area (Å²) >= 11 is 0. The molecule has 2 unspecified atom stereocenters. The average molecular weight is 550 g/mol. The molecule has 0 aromatic heterocycles. The number of aliphatic carboxylic acids is 1. The van der Waals surface area contributed by atoms with E-state index in [-0.39, 0.29) is 42.6 Å². The molecule has 0 aliphatic heterocycles. The van der Waals surface area contributed by atoms with E-state index in [2.05, 4.69) is 0 Å². The third kappa shape index (κ3) is 11.8. The van der Waals surface area contributed by atoms with Gasteiger partial charge in [0.05, 0.1) is 11.5 Å². The molecule has 220 valence electrons. The highest BCUT2D eigenvalue weighted by Crippen LogP contribution is 2.35. The topological polar surface area (TPSA) is 142 Å². The lowest BCUT2D eigenvalue weighted by atomic mass is 9.86. The molecule has 0 saturated heterocycles. The maximum atomic E-state index is 12.6. The fourth-order valence-corrected chi connectivity index (χ4v) is 3.63. The molecule has 1 aromatic rings. The lowest BCUT2D eigenvalue weighted by Gasteiger charge is -2.28. The van der Waals surface area contributed by atoms with E-state index in [1.54, 1.807) is 26.8 Å². The summed E-state index contributed by atoms with van der Waals surface area (Å²) in [5.74, 6) is -2.68. The van der Waals surface area contributed by atoms with Crippen molar-refractivity contribution >= 4 is 23.9 Å². The first-order chi connectivity index (χ1) is 18.1. The van der Waals surface area contributed by atoms with Crippen molar-refractivity contribution < 1.29 is 38.5 Å². The maximum Gasteiger partial charge on any atom is 0.321 e. The van der Waals surface area contributed by atoms with Gasteiger partial charge in [-0.15, -0.1) is 0 Å². The highest BCUT2D eigenvalue weighted by Gasteiger charge is 2.33. The summed E-state index contributed by atoms with van der Waals surface area (Å²) in [6.07, 6.45) is 1.69. The van der Waals surface area contributed by atoms with E-state index in [0.717, 1.165) is 0 Å². The van der Waals surface area contributed by atoms with Gasteiger partial charge in [-0.1, -0.05) is 40.7 Å². The van der Waals surface area contributed by atoms with Crippen LogP contribution in [0, 0.1) is 17.3 Å². The summed E-state index contributed by atoms with van der Waals surface area (Å²) in [6.45, 7) is 15.1. The molecule has 0 saturated carbocycles. The van der Waals surface area contributed by atoms with Gasteiger partial charge in [-0.05, 0) is 76.0 Å². The molecule has 1 aromatic carbocycles. The van der Waals surface area contributed by atoms with E-state index >= 15 is 0 Å². The van der Waals surface area contributed by atoms with Crippen molar-refractivity contribution in [1.29, 1.82) is 0 Å². The minimum absolute atomic E-state index is 0.0125. The van der Waals surface area contributed by atoms with Gasteiger partial charge in [0.15, 0.2) is 11.5 Å². The molecular weight excluding hydrogens is 502 g/mol. The van der Waals surface area contributed by atoms with E-state index in [9.17, 15) is 24.3 Å². The van der Waals surface area contributed by atoms with Gasteiger partial charge in [0.25, 0.3) is 0 Å². The molecule has 1 rings (SSSR count). The van der Waals surface area contributed by atoms with Crippen LogP contribution in [0.3, 0.4) is 0 Å². The molecule has 3 N–H and O–H groups in total. The van der Waals surface area contributed by atoms with Crippen LogP contribution in [0.4, 0.5) is 0 Å². The highest BCUT2D eigenvalue weighted by molar-refractivity contribution is 5.78. The monoisotopic (exact) mass is 549 g/mol. The number of nitrogens with two attached hydrogens (primary N) is 1. The van der Waals surface area contributed by atoms with Crippen LogP contribution >= 0.6 is 0 Å². The Morgan fingerprint density at radius 1 is 0.897 bits per heavy atom. The van der Waals surface area contributed by atoms with Gasteiger partial charge < -0.3 is 25.1 Å². The van der Waals surface area contributed by atoms with Gasteiger partial charge in [-0.25, -0.2) is 0 Å². The fourth-order valence-electron chi connectivity index (χ4n) is 3.63. The summed E-state index contributed by atoms with van der Waals surface area (Å²) in [6, 6.07) is 3.23. The lowest BCUT2D eigenvalue weighted by molar-refractivity contribution is -0.159. The van der Waals surface area contributed by atoms with Crippen molar-refractivity contribution in [2.75, 3.05) is 0 Å². The minimum atomic E-state index is -1.32. The van der Waals surface area contributed by atoms with Crippen LogP contribution < -0.4 is 15.2 Å². The van der Waals surface area contributed by atoms with Crippen molar-refractivity contribution in [2.45, 2.75) is 112 Å². The van der Waals surface area contributed by atoms with Crippen LogP contribution in [0.15, 0.2) is 18.2 Å². The first-order valence-electron chi connectivity index (χ1n) is 13.8. The third-order valence-corrected chi connectivity index (χ3v) is 6.74. The number of benzene rings is 1. The molecule has 0 radical (unpaired) electrons. The molecule has 0 bridgehead atoms. The predicted octanol–water partition coefficient (Wildman–Crippen LogP) is 5.62. The first-order valence-corrected chi connectivity index (χ1v) is 13.8. The zero-order valence-corrected chi connectivity index (χ0v) is 24.7. The predicted molar refractivity (Wildman–Crippen MR) is 148 cm³/mol. The second-order valence-corrected chi connectivity index (χ2v) is 11.7. The van der Waals surface area contributed by atoms with Crippen LogP contribution in [0.1, 0.15) is 105 Å². The zero-order chi connectivity index (χ0) is 29.9. The van der Waals surface area contributed by atoms with Gasteiger partial charge in [-0.2, -0.15) is 0 Å². The number of carboxylic acid groups (broad SMARTS) is 1. The van der Waals surface area contributed by atoms with Crippen molar-refractivity contribution in [3.63, 3.8) is 0 Å². The average Bonchev–Trinajstić information content (AvgIpc) is 2.85. The summed E-state index contributed by atoms with van der Waals surface area (Å²) in [4.78, 5) is 49.5. The first kappa shape index (κ1) is 34.1. The van der Waals surface area contributed by atoms with Gasteiger partial charge in [0, 0.05) is 18.8 Å². The normalized spacial score (nSPS) is 14.0. The molecule has 0 amide bonds. The Morgan fingerprint density at radius 2 is 1.41 bits per heavy atom. The maximum absolute atomic E-state index is 12.6. The van der Waals surface area contributed by atoms with Gasteiger partial charge in [0.2, 0.25) is 0 Å². The SMILES string of the molecule is CCC(C)(C)C(=O)OC(C)CC(c1ccc(OC(=O)CCC(C)C)c(OC(=O)CCC(C)C)c1)[C@H](N)C(=O)O. The van der Waals surface area contributed by atoms with Gasteiger partial charge in [-0.3, -0.25) is 19.2 Å². The Kier molecular flexibility index (Phi) is 13.6. The van der Waals surface area contributed by atoms with Crippen molar-refractivity contribution in [3.05, 3.63) is 23.8 Å². The van der Waals surface area contributed by atoms with Gasteiger partial charge in [0.1, 0.15) is 6.04 Å². The molecule has 0 heterocycles. The number of carbonyl (C=O) groups is 4. The molecule has 0 aliphatic carbocycles. The molecule has 9 nitrogen and oxygen atoms in total. The Morgan fingerprint density at radius 3 is 1.87 bits per heavy atom. The molecule has 0 fully saturated rings. The van der Waals surface area contributed by atoms with Gasteiger partial charge >= 0.3 is 23.9 Å². The van der Waals surface area contributed by atoms with E-state index in [1.165, 1.54) is 12.1 Å². The summed E-state index contributed by atoms with van der Waals surface area (Å²) < 4.78 is 16.7. The van der Waals surface area contributed by atoms with Crippen LogP contribution in [0.25, 0.3) is 0 Å². The zero-order valence-electron chi connectivity index (χ0n) is 24.7. The van der Waals surface area contributed by atoms with E-state index in [1.807, 2.05) is 34.6 Å². The number of rotatable bonds is 16. The van der Waals surface area contributed by atoms with E-state index in [0.29, 0.717) is 30.7 Å². The second kappa shape index (κ2) is 15.6. The molecule has 39 heavy (non-hydrogen) atoms. The van der Waals surface area contributed by atoms with Crippen molar-refractivity contribution in [3.8, 4) is 11.5 Å². The third-order valence-electron chi connectivity index (χ3n) is 6.74. The Bertz CT molecular complexity index is 985. The quantitative estimate of drug-likeness (QED) is 0.198. The second-order valence-electron chi connectivity index (χ2n) is 11.7. The largest absolute Gasteiger partial charge is 0.480 e. The van der Waals surface area contributed by atoms with E-state index in [4.69, 9.17) is 19.9 Å². The Hall–Kier alpha value is -2.94. The van der Waals surface area contributed by atoms with Crippen LogP contribution in [-0.4, -0.2) is 41.1 Å².